The van der Waals surface area contributed by atoms with Crippen LogP contribution in [0.25, 0.3) is 0 Å². The minimum Gasteiger partial charge on any atom is -0.491 e. The quantitative estimate of drug-likeness (QED) is 0.800. The summed E-state index contributed by atoms with van der Waals surface area (Å²) < 4.78 is 7.57. The van der Waals surface area contributed by atoms with Gasteiger partial charge < -0.3 is 14.2 Å². The lowest BCUT2D eigenvalue weighted by atomic mass is 9.83. The number of nitrogens with zero attached hydrogens (tertiary/aromatic N) is 2. The van der Waals surface area contributed by atoms with Gasteiger partial charge in [-0.1, -0.05) is 18.2 Å². The number of pyridine rings is 1. The highest BCUT2D eigenvalue weighted by atomic mass is 16.5. The summed E-state index contributed by atoms with van der Waals surface area (Å²) in [6.07, 6.45) is 2.49. The second-order valence-corrected chi connectivity index (χ2v) is 8.31. The van der Waals surface area contributed by atoms with E-state index in [1.54, 1.807) is 6.07 Å². The van der Waals surface area contributed by atoms with Gasteiger partial charge in [-0.15, -0.1) is 0 Å². The molecular weight excluding hydrogens is 352 g/mol. The monoisotopic (exact) mass is 380 g/mol. The van der Waals surface area contributed by atoms with Crippen molar-refractivity contribution in [2.45, 2.75) is 51.7 Å². The molecule has 1 aromatic carbocycles. The van der Waals surface area contributed by atoms with E-state index in [0.717, 1.165) is 49.5 Å². The van der Waals surface area contributed by atoms with Gasteiger partial charge in [0.1, 0.15) is 5.75 Å². The smallest absolute Gasteiger partial charge is 0.250 e. The molecule has 2 aliphatic heterocycles. The zero-order valence-corrected chi connectivity index (χ0v) is 16.6. The largest absolute Gasteiger partial charge is 0.491 e. The number of ether oxygens (including phenoxy) is 1. The average molecular weight is 380 g/mol. The van der Waals surface area contributed by atoms with E-state index in [2.05, 4.69) is 0 Å². The molecule has 0 aliphatic carbocycles. The summed E-state index contributed by atoms with van der Waals surface area (Å²) in [4.78, 5) is 27.0. The average Bonchev–Trinajstić information content (AvgIpc) is 2.67. The van der Waals surface area contributed by atoms with E-state index in [1.807, 2.05) is 59.7 Å². The summed E-state index contributed by atoms with van der Waals surface area (Å²) >= 11 is 0. The van der Waals surface area contributed by atoms with Crippen LogP contribution >= 0.6 is 0 Å². The molecule has 4 rings (SSSR count). The number of piperidine rings is 1. The van der Waals surface area contributed by atoms with Gasteiger partial charge in [-0.05, 0) is 56.4 Å². The molecule has 2 aromatic rings. The zero-order chi connectivity index (χ0) is 19.7. The molecule has 0 saturated carbocycles. The summed E-state index contributed by atoms with van der Waals surface area (Å²) in [6, 6.07) is 13.5. The van der Waals surface area contributed by atoms with Crippen molar-refractivity contribution in [3.63, 3.8) is 0 Å². The lowest BCUT2D eigenvalue weighted by molar-refractivity contribution is -0.133. The minimum absolute atomic E-state index is 0.0804. The predicted molar refractivity (Wildman–Crippen MR) is 109 cm³/mol. The van der Waals surface area contributed by atoms with E-state index < -0.39 is 0 Å². The van der Waals surface area contributed by atoms with Crippen molar-refractivity contribution in [1.29, 1.82) is 0 Å². The molecule has 5 heteroatoms. The Morgan fingerprint density at radius 2 is 1.89 bits per heavy atom. The third-order valence-corrected chi connectivity index (χ3v) is 5.76. The molecule has 28 heavy (non-hydrogen) atoms. The Morgan fingerprint density at radius 1 is 1.11 bits per heavy atom. The van der Waals surface area contributed by atoms with Gasteiger partial charge in [-0.25, -0.2) is 0 Å². The van der Waals surface area contributed by atoms with Crippen LogP contribution in [0.3, 0.4) is 0 Å². The molecule has 1 amide bonds. The van der Waals surface area contributed by atoms with Crippen molar-refractivity contribution in [2.24, 2.45) is 5.92 Å². The first kappa shape index (κ1) is 18.8. The highest BCUT2D eigenvalue weighted by molar-refractivity contribution is 5.76. The van der Waals surface area contributed by atoms with Gasteiger partial charge in [0.15, 0.2) is 0 Å². The molecule has 0 N–H and O–H groups in total. The van der Waals surface area contributed by atoms with Gasteiger partial charge >= 0.3 is 0 Å². The van der Waals surface area contributed by atoms with E-state index in [9.17, 15) is 9.59 Å². The number of hydrogen-bond donors (Lipinski definition) is 0. The fourth-order valence-electron chi connectivity index (χ4n) is 4.52. The maximum Gasteiger partial charge on any atom is 0.250 e. The van der Waals surface area contributed by atoms with Gasteiger partial charge in [0.2, 0.25) is 5.91 Å². The molecule has 2 atom stereocenters. The standard InChI is InChI=1S/C23H28N2O3/c1-16(2)28-20-9-6-17(7-10-20)8-11-22(26)24-13-18-12-19(15-24)21-4-3-5-23(27)25(21)14-18/h3-7,9-10,16,18-19H,8,11-15H2,1-2H3. The lowest BCUT2D eigenvalue weighted by Gasteiger charge is -2.42. The summed E-state index contributed by atoms with van der Waals surface area (Å²) in [7, 11) is 0. The summed E-state index contributed by atoms with van der Waals surface area (Å²) in [5, 5.41) is 0. The molecule has 5 nitrogen and oxygen atoms in total. The van der Waals surface area contributed by atoms with Crippen LogP contribution in [0.2, 0.25) is 0 Å². The Hall–Kier alpha value is -2.56. The van der Waals surface area contributed by atoms with Crippen LogP contribution in [-0.4, -0.2) is 34.6 Å². The Morgan fingerprint density at radius 3 is 2.64 bits per heavy atom. The normalized spacial score (nSPS) is 20.8. The van der Waals surface area contributed by atoms with Crippen LogP contribution in [-0.2, 0) is 17.8 Å². The van der Waals surface area contributed by atoms with E-state index in [1.165, 1.54) is 0 Å². The zero-order valence-electron chi connectivity index (χ0n) is 16.6. The molecule has 1 saturated heterocycles. The van der Waals surface area contributed by atoms with Crippen LogP contribution in [0.4, 0.5) is 0 Å². The van der Waals surface area contributed by atoms with Gasteiger partial charge in [0, 0.05) is 43.7 Å². The minimum atomic E-state index is 0.0804. The maximum absolute atomic E-state index is 12.8. The van der Waals surface area contributed by atoms with Crippen LogP contribution in [0.5, 0.6) is 5.75 Å². The van der Waals surface area contributed by atoms with Crippen LogP contribution in [0.1, 0.15) is 43.9 Å². The fourth-order valence-corrected chi connectivity index (χ4v) is 4.52. The van der Waals surface area contributed by atoms with E-state index in [0.29, 0.717) is 12.3 Å². The van der Waals surface area contributed by atoms with Crippen LogP contribution < -0.4 is 10.3 Å². The van der Waals surface area contributed by atoms with Crippen molar-refractivity contribution in [1.82, 2.24) is 9.47 Å². The number of likely N-dealkylation sites (tertiary alicyclic amines) is 1. The van der Waals surface area contributed by atoms with Crippen molar-refractivity contribution >= 4 is 5.91 Å². The van der Waals surface area contributed by atoms with Gasteiger partial charge in [0.05, 0.1) is 6.10 Å². The molecule has 3 heterocycles. The first-order chi connectivity index (χ1) is 13.5. The highest BCUT2D eigenvalue weighted by Gasteiger charge is 2.35. The summed E-state index contributed by atoms with van der Waals surface area (Å²) in [6.45, 7) is 6.23. The number of benzene rings is 1. The number of carbonyl (C=O) groups excluding carboxylic acids is 1. The van der Waals surface area contributed by atoms with E-state index in [-0.39, 0.29) is 23.5 Å². The van der Waals surface area contributed by atoms with Gasteiger partial charge in [-0.2, -0.15) is 0 Å². The van der Waals surface area contributed by atoms with Crippen molar-refractivity contribution < 1.29 is 9.53 Å². The molecule has 148 valence electrons. The predicted octanol–water partition coefficient (Wildman–Crippen LogP) is 3.21. The Bertz CT molecular complexity index is 901. The molecule has 2 unspecified atom stereocenters. The summed E-state index contributed by atoms with van der Waals surface area (Å²) in [5.41, 5.74) is 2.32. The Labute approximate surface area is 165 Å². The number of carbonyl (C=O) groups is 1. The van der Waals surface area contributed by atoms with Gasteiger partial charge in [0.25, 0.3) is 5.56 Å². The first-order valence-corrected chi connectivity index (χ1v) is 10.2. The third kappa shape index (κ3) is 3.98. The third-order valence-electron chi connectivity index (χ3n) is 5.76. The highest BCUT2D eigenvalue weighted by Crippen LogP contribution is 2.35. The Balaban J connectivity index is 1.37. The van der Waals surface area contributed by atoms with Crippen molar-refractivity contribution in [3.05, 3.63) is 64.1 Å². The van der Waals surface area contributed by atoms with E-state index in [4.69, 9.17) is 4.74 Å². The topological polar surface area (TPSA) is 51.5 Å². The lowest BCUT2D eigenvalue weighted by Crippen LogP contribution is -2.49. The number of aryl methyl sites for hydroxylation is 1. The van der Waals surface area contributed by atoms with Crippen molar-refractivity contribution in [3.8, 4) is 5.75 Å². The summed E-state index contributed by atoms with van der Waals surface area (Å²) in [5.74, 6) is 1.73. The second-order valence-electron chi connectivity index (χ2n) is 8.31. The number of rotatable bonds is 5. The molecule has 0 spiro atoms. The molecule has 0 radical (unpaired) electrons. The van der Waals surface area contributed by atoms with Gasteiger partial charge in [-0.3, -0.25) is 9.59 Å². The fraction of sp³-hybridized carbons (Fsp3) is 0.478. The van der Waals surface area contributed by atoms with Crippen molar-refractivity contribution in [2.75, 3.05) is 13.1 Å². The SMILES string of the molecule is CC(C)Oc1ccc(CCC(=O)N2CC3CC(C2)c2cccc(=O)n2C3)cc1. The first-order valence-electron chi connectivity index (χ1n) is 10.2. The van der Waals surface area contributed by atoms with Crippen LogP contribution in [0.15, 0.2) is 47.3 Å². The molecular formula is C23H28N2O3. The molecule has 2 aliphatic rings. The molecule has 1 aromatic heterocycles. The number of fused-ring (bicyclic) bond motifs is 4. The van der Waals surface area contributed by atoms with Crippen LogP contribution in [0, 0.1) is 5.92 Å². The maximum atomic E-state index is 12.8. The number of aromatic nitrogens is 1. The van der Waals surface area contributed by atoms with E-state index >= 15 is 0 Å². The second kappa shape index (κ2) is 7.82. The number of amides is 1. The number of hydrogen-bond acceptors (Lipinski definition) is 3. The molecule has 1 fully saturated rings. The molecule has 2 bridgehead atoms. The Kier molecular flexibility index (Phi) is 5.25.